The lowest BCUT2D eigenvalue weighted by Gasteiger charge is -2.50. The molecule has 4 aliphatic rings. The molecule has 0 aromatic rings. The maximum atomic E-state index is 13.4. The minimum Gasteiger partial charge on any atom is -0.462 e. The minimum absolute atomic E-state index is 0.0293. The highest BCUT2D eigenvalue weighted by Crippen LogP contribution is 2.38. The first-order valence-electron chi connectivity index (χ1n) is 22.2. The van der Waals surface area contributed by atoms with Crippen LogP contribution in [0.15, 0.2) is 24.3 Å². The molecule has 0 radical (unpaired) electrons. The third-order valence-electron chi connectivity index (χ3n) is 12.7. The van der Waals surface area contributed by atoms with E-state index < -0.39 is 109 Å². The van der Waals surface area contributed by atoms with Crippen molar-refractivity contribution in [1.82, 2.24) is 9.80 Å². The number of ether oxygens (including phenoxy) is 9. The Hall–Kier alpha value is -2.39. The van der Waals surface area contributed by atoms with E-state index in [1.165, 1.54) is 21.0 Å². The van der Waals surface area contributed by atoms with Gasteiger partial charge in [0.15, 0.2) is 18.9 Å². The summed E-state index contributed by atoms with van der Waals surface area (Å²) in [6.07, 6.45) is -1.81. The van der Waals surface area contributed by atoms with Crippen molar-refractivity contribution < 1.29 is 72.3 Å². The number of aliphatic hydroxyl groups is 3. The number of aliphatic hydroxyl groups excluding tert-OH is 2. The maximum absolute atomic E-state index is 13.4. The number of rotatable bonds is 12. The molecule has 3 N–H and O–H groups in total. The molecule has 356 valence electrons. The maximum Gasteiger partial charge on any atom is 0.309 e. The largest absolute Gasteiger partial charge is 0.462 e. The molecule has 3 fully saturated rings. The molecule has 19 atom stereocenters. The molecule has 3 saturated heterocycles. The van der Waals surface area contributed by atoms with E-state index in [9.17, 15) is 29.7 Å². The van der Waals surface area contributed by atoms with E-state index in [0.717, 1.165) is 12.7 Å². The molecule has 0 spiro atoms. The number of aldehydes is 1. The molecule has 0 saturated carbocycles. The first-order valence-corrected chi connectivity index (χ1v) is 22.2. The number of esters is 2. The average Bonchev–Trinajstić information content (AvgIpc) is 3.16. The van der Waals surface area contributed by atoms with Gasteiger partial charge in [0, 0.05) is 39.3 Å². The van der Waals surface area contributed by atoms with Crippen LogP contribution in [-0.2, 0) is 57.0 Å². The lowest BCUT2D eigenvalue weighted by atomic mass is 9.82. The summed E-state index contributed by atoms with van der Waals surface area (Å²) >= 11 is 0. The van der Waals surface area contributed by atoms with Crippen molar-refractivity contribution in [3.8, 4) is 0 Å². The number of hydrogen-bond acceptors (Lipinski definition) is 17. The zero-order valence-corrected chi connectivity index (χ0v) is 38.9. The average molecular weight is 885 g/mol. The number of carbonyl (C=O) groups excluding carboxylic acids is 3. The van der Waals surface area contributed by atoms with Crippen LogP contribution in [-0.4, -0.2) is 182 Å². The van der Waals surface area contributed by atoms with Gasteiger partial charge in [-0.1, -0.05) is 31.2 Å². The topological polar surface area (TPSA) is 201 Å². The number of likely N-dealkylation sites (N-methyl/N-ethyl adjacent to an activating group) is 2. The van der Waals surface area contributed by atoms with Crippen LogP contribution in [0, 0.1) is 11.8 Å². The number of carbonyl (C=O) groups is 3. The fourth-order valence-electron chi connectivity index (χ4n) is 9.40. The van der Waals surface area contributed by atoms with E-state index in [1.807, 2.05) is 52.2 Å². The Kier molecular flexibility index (Phi) is 20.0. The second kappa shape index (κ2) is 23.7. The fourth-order valence-corrected chi connectivity index (χ4v) is 9.40. The highest BCUT2D eigenvalue weighted by Gasteiger charge is 2.52. The van der Waals surface area contributed by atoms with Crippen LogP contribution in [0.1, 0.15) is 93.4 Å². The zero-order chi connectivity index (χ0) is 46.1. The summed E-state index contributed by atoms with van der Waals surface area (Å²) in [6.45, 7) is 12.0. The van der Waals surface area contributed by atoms with Gasteiger partial charge >= 0.3 is 11.9 Å². The van der Waals surface area contributed by atoms with E-state index >= 15 is 0 Å². The predicted octanol–water partition coefficient (Wildman–Crippen LogP) is 2.90. The predicted molar refractivity (Wildman–Crippen MR) is 226 cm³/mol. The third-order valence-corrected chi connectivity index (χ3v) is 12.7. The summed E-state index contributed by atoms with van der Waals surface area (Å²) in [5, 5.41) is 33.6. The van der Waals surface area contributed by atoms with Crippen LogP contribution in [0.25, 0.3) is 0 Å². The second-order valence-corrected chi connectivity index (χ2v) is 18.4. The van der Waals surface area contributed by atoms with Crippen molar-refractivity contribution in [3.05, 3.63) is 24.3 Å². The number of nitrogens with zero attached hydrogens (tertiary/aromatic N) is 2. The van der Waals surface area contributed by atoms with Crippen LogP contribution in [0.4, 0.5) is 0 Å². The summed E-state index contributed by atoms with van der Waals surface area (Å²) < 4.78 is 56.3. The minimum atomic E-state index is -1.49. The van der Waals surface area contributed by atoms with Crippen molar-refractivity contribution in [3.63, 3.8) is 0 Å². The monoisotopic (exact) mass is 885 g/mol. The van der Waals surface area contributed by atoms with Gasteiger partial charge in [-0.2, -0.15) is 0 Å². The van der Waals surface area contributed by atoms with Crippen LogP contribution in [0.3, 0.4) is 0 Å². The Morgan fingerprint density at radius 1 is 0.903 bits per heavy atom. The number of cyclic esters (lactones) is 1. The normalized spacial score (nSPS) is 44.0. The molecule has 0 bridgehead atoms. The lowest BCUT2D eigenvalue weighted by Crippen LogP contribution is -2.65. The number of allylic oxidation sites excluding steroid dienone is 2. The van der Waals surface area contributed by atoms with Crippen LogP contribution < -0.4 is 0 Å². The molecule has 4 heterocycles. The molecule has 0 unspecified atom stereocenters. The van der Waals surface area contributed by atoms with Crippen LogP contribution >= 0.6 is 0 Å². The highest BCUT2D eigenvalue weighted by atomic mass is 16.7. The summed E-state index contributed by atoms with van der Waals surface area (Å²) in [5.74, 6) is -2.21. The van der Waals surface area contributed by atoms with Crippen molar-refractivity contribution in [1.29, 1.82) is 0 Å². The van der Waals surface area contributed by atoms with Gasteiger partial charge in [0.2, 0.25) is 0 Å². The quantitative estimate of drug-likeness (QED) is 0.191. The van der Waals surface area contributed by atoms with Gasteiger partial charge in [0.25, 0.3) is 0 Å². The fraction of sp³-hybridized carbons (Fsp3) is 0.844. The molecule has 4 aliphatic heterocycles. The van der Waals surface area contributed by atoms with Crippen molar-refractivity contribution >= 4 is 18.2 Å². The SMILES string of the molecule is CO[C@H]1[C@@H](O[C@@H]2O[C@H](C)[C@H](O[C@@H]3C[C@](C)(O)[C@H](O)[C@H](C)O3)[C@H](N(C)C)[C@@H]2O)[C@@H](CC=O)C[C@@H](C)[C@@H](O[C@@H]2CC[C@H](N(C)C)[C@H](C)O2)/C=C/C=C\C[C@@H](C)OC(=O)C[C@H]1OC(C)=O. The lowest BCUT2D eigenvalue weighted by molar-refractivity contribution is -0.344. The molecule has 17 heteroatoms. The van der Waals surface area contributed by atoms with Crippen molar-refractivity contribution in [2.45, 2.75) is 197 Å². The summed E-state index contributed by atoms with van der Waals surface area (Å²) in [6, 6.07) is -0.509. The van der Waals surface area contributed by atoms with Crippen molar-refractivity contribution in [2.24, 2.45) is 11.8 Å². The second-order valence-electron chi connectivity index (χ2n) is 18.4. The molecule has 0 aromatic heterocycles. The van der Waals surface area contributed by atoms with Gasteiger partial charge in [-0.05, 0) is 93.9 Å². The molecule has 4 rings (SSSR count). The molecule has 0 aromatic carbocycles. The molecule has 62 heavy (non-hydrogen) atoms. The Bertz CT molecular complexity index is 1480. The van der Waals surface area contributed by atoms with E-state index in [-0.39, 0.29) is 37.3 Å². The van der Waals surface area contributed by atoms with E-state index in [1.54, 1.807) is 39.8 Å². The third kappa shape index (κ3) is 14.1. The van der Waals surface area contributed by atoms with Gasteiger partial charge in [0.1, 0.15) is 42.9 Å². The molecular formula is C45H76N2O15. The van der Waals surface area contributed by atoms with Crippen molar-refractivity contribution in [2.75, 3.05) is 35.3 Å². The summed E-state index contributed by atoms with van der Waals surface area (Å²) in [7, 11) is 9.02. The van der Waals surface area contributed by atoms with Gasteiger partial charge in [-0.3, -0.25) is 9.59 Å². The number of methoxy groups -OCH3 is 1. The Morgan fingerprint density at radius 2 is 1.60 bits per heavy atom. The Labute approximate surface area is 368 Å². The molecule has 0 aliphatic carbocycles. The van der Waals surface area contributed by atoms with E-state index in [4.69, 9.17) is 42.6 Å². The Balaban J connectivity index is 1.73. The molecule has 17 nitrogen and oxygen atoms in total. The highest BCUT2D eigenvalue weighted by molar-refractivity contribution is 5.72. The van der Waals surface area contributed by atoms with Gasteiger partial charge in [-0.25, -0.2) is 0 Å². The summed E-state index contributed by atoms with van der Waals surface area (Å²) in [5.41, 5.74) is -1.49. The molecular weight excluding hydrogens is 808 g/mol. The standard InChI is InChI=1S/C45H76N2O15/c1-25-22-31(20-21-48)41(62-44-39(51)38(47(10)11)40(28(4)58-44)61-37-24-45(7,53)43(52)29(5)57-37)42(54-12)34(59-30(6)49)23-35(50)55-26(2)16-14-13-15-17-33(25)60-36-19-18-32(46(8)9)27(3)56-36/h13-15,17,21,25-29,31-34,36-44,51-53H,16,18-20,22-24H2,1-12H3/b14-13-,17-15+/t25-,26-,27+,28-,29+,31+,32+,33+,34-,36-,37-,38-,39+,40+,41+,42-,43-,44+,45+/m1/s1. The van der Waals surface area contributed by atoms with Crippen LogP contribution in [0.2, 0.25) is 0 Å². The van der Waals surface area contributed by atoms with E-state index in [2.05, 4.69) is 4.90 Å². The summed E-state index contributed by atoms with van der Waals surface area (Å²) in [4.78, 5) is 42.7. The van der Waals surface area contributed by atoms with Gasteiger partial charge in [-0.15, -0.1) is 0 Å². The number of hydrogen-bond donors (Lipinski definition) is 3. The van der Waals surface area contributed by atoms with Gasteiger partial charge in [0.05, 0.1) is 48.6 Å². The van der Waals surface area contributed by atoms with Crippen LogP contribution in [0.5, 0.6) is 0 Å². The van der Waals surface area contributed by atoms with Gasteiger partial charge < -0.3 is 72.5 Å². The first-order chi connectivity index (χ1) is 29.2. The zero-order valence-electron chi connectivity index (χ0n) is 38.9. The first kappa shape index (κ1) is 52.2. The molecule has 0 amide bonds. The smallest absolute Gasteiger partial charge is 0.309 e. The van der Waals surface area contributed by atoms with E-state index in [0.29, 0.717) is 19.3 Å². The Morgan fingerprint density at radius 3 is 2.19 bits per heavy atom.